The Balaban J connectivity index is 1.89. The van der Waals surface area contributed by atoms with Crippen LogP contribution in [0, 0.1) is 3.57 Å². The van der Waals surface area contributed by atoms with Crippen LogP contribution in [0.4, 0.5) is 4.79 Å². The summed E-state index contributed by atoms with van der Waals surface area (Å²) in [6, 6.07) is 17.2. The van der Waals surface area contributed by atoms with E-state index in [-0.39, 0.29) is 6.61 Å². The van der Waals surface area contributed by atoms with Crippen molar-refractivity contribution < 1.29 is 23.8 Å². The number of carbonyl (C=O) groups is 2. The third kappa shape index (κ3) is 8.02. The molecule has 0 saturated carbocycles. The number of carbonyl (C=O) groups excluding carboxylic acids is 2. The summed E-state index contributed by atoms with van der Waals surface area (Å²) < 4.78 is 17.3. The van der Waals surface area contributed by atoms with Gasteiger partial charge in [0.15, 0.2) is 0 Å². The van der Waals surface area contributed by atoms with Gasteiger partial charge in [-0.25, -0.2) is 9.59 Å². The van der Waals surface area contributed by atoms with Gasteiger partial charge in [-0.2, -0.15) is 0 Å². The molecule has 29 heavy (non-hydrogen) atoms. The fourth-order valence-electron chi connectivity index (χ4n) is 2.52. The van der Waals surface area contributed by atoms with E-state index in [1.807, 2.05) is 61.5 Å². The molecule has 0 bridgehead atoms. The molecule has 0 fully saturated rings. The Kier molecular flexibility index (Phi) is 8.91. The van der Waals surface area contributed by atoms with Crippen LogP contribution < -0.4 is 5.32 Å². The van der Waals surface area contributed by atoms with Gasteiger partial charge in [-0.15, -0.1) is 0 Å². The molecular formula is C22H26INO5. The van der Waals surface area contributed by atoms with Crippen molar-refractivity contribution in [1.82, 2.24) is 5.32 Å². The predicted octanol–water partition coefficient (Wildman–Crippen LogP) is 4.44. The lowest BCUT2D eigenvalue weighted by Crippen LogP contribution is -2.46. The fourth-order valence-corrected chi connectivity index (χ4v) is 2.88. The second-order valence-corrected chi connectivity index (χ2v) is 8.13. The largest absolute Gasteiger partial charge is 0.458 e. The van der Waals surface area contributed by atoms with Crippen molar-refractivity contribution in [2.24, 2.45) is 0 Å². The molecule has 0 aliphatic rings. The summed E-state index contributed by atoms with van der Waals surface area (Å²) in [6.07, 6.45) is -0.821. The third-order valence-electron chi connectivity index (χ3n) is 4.03. The summed E-state index contributed by atoms with van der Waals surface area (Å²) in [7, 11) is 0. The van der Waals surface area contributed by atoms with E-state index in [0.717, 1.165) is 14.7 Å². The molecule has 2 aromatic rings. The number of hydrogen-bond acceptors (Lipinski definition) is 5. The van der Waals surface area contributed by atoms with Crippen molar-refractivity contribution in [2.75, 3.05) is 6.61 Å². The molecule has 0 heterocycles. The number of halogens is 1. The van der Waals surface area contributed by atoms with Gasteiger partial charge in [0.05, 0.1) is 0 Å². The molecule has 1 N–H and O–H groups in total. The molecule has 6 nitrogen and oxygen atoms in total. The molecule has 0 spiro atoms. The zero-order valence-corrected chi connectivity index (χ0v) is 19.0. The Labute approximate surface area is 185 Å². The van der Waals surface area contributed by atoms with Crippen LogP contribution in [-0.2, 0) is 32.0 Å². The highest BCUT2D eigenvalue weighted by Gasteiger charge is 2.34. The minimum atomic E-state index is -1.43. The molecule has 1 atom stereocenters. The summed E-state index contributed by atoms with van der Waals surface area (Å²) >= 11 is 2.23. The van der Waals surface area contributed by atoms with Crippen molar-refractivity contribution in [3.05, 3.63) is 69.3 Å². The minimum absolute atomic E-state index is 0.114. The smallest absolute Gasteiger partial charge is 0.410 e. The van der Waals surface area contributed by atoms with Gasteiger partial charge in [0.2, 0.25) is 5.60 Å². The Morgan fingerprint density at radius 3 is 2.31 bits per heavy atom. The molecule has 1 amide bonds. The van der Waals surface area contributed by atoms with Crippen LogP contribution in [0.2, 0.25) is 0 Å². The van der Waals surface area contributed by atoms with Gasteiger partial charge in [-0.1, -0.05) is 42.5 Å². The van der Waals surface area contributed by atoms with Gasteiger partial charge in [-0.3, -0.25) is 5.32 Å². The monoisotopic (exact) mass is 511 g/mol. The van der Waals surface area contributed by atoms with Gasteiger partial charge >= 0.3 is 12.1 Å². The second kappa shape index (κ2) is 11.2. The SMILES string of the molecule is CCOC(Cc1ccc(I)cc1)NC(=O)OC(C)(C)C(=O)OCc1ccccc1. The minimum Gasteiger partial charge on any atom is -0.458 e. The quantitative estimate of drug-likeness (QED) is 0.306. The number of nitrogens with one attached hydrogen (secondary N) is 1. The van der Waals surface area contributed by atoms with Gasteiger partial charge < -0.3 is 14.2 Å². The van der Waals surface area contributed by atoms with Crippen molar-refractivity contribution in [3.63, 3.8) is 0 Å². The molecule has 0 aromatic heterocycles. The average Bonchev–Trinajstić information content (AvgIpc) is 2.68. The predicted molar refractivity (Wildman–Crippen MR) is 118 cm³/mol. The number of alkyl carbamates (subject to hydrolysis) is 1. The van der Waals surface area contributed by atoms with Gasteiger partial charge in [-0.05, 0) is 66.6 Å². The van der Waals surface area contributed by atoms with E-state index in [1.54, 1.807) is 0 Å². The number of esters is 1. The zero-order valence-electron chi connectivity index (χ0n) is 16.8. The van der Waals surface area contributed by atoms with E-state index in [9.17, 15) is 9.59 Å². The maximum absolute atomic E-state index is 12.3. The van der Waals surface area contributed by atoms with Crippen molar-refractivity contribution in [3.8, 4) is 0 Å². The highest BCUT2D eigenvalue weighted by molar-refractivity contribution is 14.1. The summed E-state index contributed by atoms with van der Waals surface area (Å²) in [6.45, 7) is 5.38. The molecule has 156 valence electrons. The van der Waals surface area contributed by atoms with Gasteiger partial charge in [0.1, 0.15) is 12.8 Å². The summed E-state index contributed by atoms with van der Waals surface area (Å²) in [4.78, 5) is 24.7. The molecule has 2 rings (SSSR count). The maximum Gasteiger partial charge on any atom is 0.410 e. The molecule has 0 saturated heterocycles. The standard InChI is InChI=1S/C22H26INO5/c1-4-27-19(14-16-10-12-18(23)13-11-16)24-21(26)29-22(2,3)20(25)28-15-17-8-6-5-7-9-17/h5-13,19H,4,14-15H2,1-3H3,(H,24,26). The lowest BCUT2D eigenvalue weighted by atomic mass is 10.1. The number of ether oxygens (including phenoxy) is 3. The summed E-state index contributed by atoms with van der Waals surface area (Å²) in [5.41, 5.74) is 0.444. The molecule has 0 aliphatic heterocycles. The molecule has 0 radical (unpaired) electrons. The first-order chi connectivity index (χ1) is 13.8. The lowest BCUT2D eigenvalue weighted by Gasteiger charge is -2.25. The first-order valence-electron chi connectivity index (χ1n) is 9.37. The van der Waals surface area contributed by atoms with Crippen LogP contribution in [0.15, 0.2) is 54.6 Å². The molecular weight excluding hydrogens is 485 g/mol. The number of benzene rings is 2. The molecule has 2 aromatic carbocycles. The summed E-state index contributed by atoms with van der Waals surface area (Å²) in [5, 5.41) is 2.67. The lowest BCUT2D eigenvalue weighted by molar-refractivity contribution is -0.163. The highest BCUT2D eigenvalue weighted by Crippen LogP contribution is 2.15. The van der Waals surface area contributed by atoms with E-state index in [4.69, 9.17) is 14.2 Å². The maximum atomic E-state index is 12.3. The van der Waals surface area contributed by atoms with E-state index >= 15 is 0 Å². The van der Waals surface area contributed by atoms with E-state index < -0.39 is 23.9 Å². The van der Waals surface area contributed by atoms with Crippen LogP contribution in [0.3, 0.4) is 0 Å². The Bertz CT molecular complexity index is 793. The second-order valence-electron chi connectivity index (χ2n) is 6.88. The Hall–Kier alpha value is -2.13. The third-order valence-corrected chi connectivity index (χ3v) is 4.75. The topological polar surface area (TPSA) is 73.9 Å². The number of rotatable bonds is 9. The first-order valence-corrected chi connectivity index (χ1v) is 10.4. The first kappa shape index (κ1) is 23.2. The number of amides is 1. The zero-order chi connectivity index (χ0) is 21.3. The van der Waals surface area contributed by atoms with Crippen LogP contribution in [0.1, 0.15) is 31.9 Å². The van der Waals surface area contributed by atoms with E-state index in [2.05, 4.69) is 27.9 Å². The van der Waals surface area contributed by atoms with Crippen molar-refractivity contribution in [1.29, 1.82) is 0 Å². The van der Waals surface area contributed by atoms with Crippen LogP contribution in [-0.4, -0.2) is 30.5 Å². The van der Waals surface area contributed by atoms with Gasteiger partial charge in [0.25, 0.3) is 0 Å². The molecule has 1 unspecified atom stereocenters. The molecule has 0 aliphatic carbocycles. The van der Waals surface area contributed by atoms with Crippen molar-refractivity contribution >= 4 is 34.7 Å². The normalized spacial score (nSPS) is 12.1. The van der Waals surface area contributed by atoms with Crippen LogP contribution >= 0.6 is 22.6 Å². The highest BCUT2D eigenvalue weighted by atomic mass is 127. The fraction of sp³-hybridized carbons (Fsp3) is 0.364. The number of hydrogen-bond donors (Lipinski definition) is 1. The Morgan fingerprint density at radius 2 is 1.69 bits per heavy atom. The van der Waals surface area contributed by atoms with Crippen LogP contribution in [0.25, 0.3) is 0 Å². The average molecular weight is 511 g/mol. The van der Waals surface area contributed by atoms with Crippen LogP contribution in [0.5, 0.6) is 0 Å². The van der Waals surface area contributed by atoms with E-state index in [1.165, 1.54) is 13.8 Å². The van der Waals surface area contributed by atoms with Crippen molar-refractivity contribution in [2.45, 2.75) is 45.6 Å². The van der Waals surface area contributed by atoms with E-state index in [0.29, 0.717) is 13.0 Å². The summed E-state index contributed by atoms with van der Waals surface area (Å²) in [5.74, 6) is -0.623. The Morgan fingerprint density at radius 1 is 1.03 bits per heavy atom. The van der Waals surface area contributed by atoms with Gasteiger partial charge in [0, 0.05) is 16.6 Å². The molecule has 7 heteroatoms.